The lowest BCUT2D eigenvalue weighted by Crippen LogP contribution is -2.49. The van der Waals surface area contributed by atoms with Crippen molar-refractivity contribution in [3.8, 4) is 5.75 Å². The van der Waals surface area contributed by atoms with Crippen molar-refractivity contribution in [1.29, 1.82) is 0 Å². The van der Waals surface area contributed by atoms with E-state index in [2.05, 4.69) is 26.9 Å². The van der Waals surface area contributed by atoms with Gasteiger partial charge < -0.3 is 19.8 Å². The first kappa shape index (κ1) is 19.7. The maximum atomic E-state index is 13.0. The van der Waals surface area contributed by atoms with Crippen LogP contribution in [0.5, 0.6) is 5.75 Å². The van der Waals surface area contributed by atoms with Crippen molar-refractivity contribution in [3.05, 3.63) is 52.7 Å². The Morgan fingerprint density at radius 3 is 2.52 bits per heavy atom. The van der Waals surface area contributed by atoms with Gasteiger partial charge in [-0.2, -0.15) is 0 Å². The van der Waals surface area contributed by atoms with Gasteiger partial charge in [0.25, 0.3) is 5.91 Å². The summed E-state index contributed by atoms with van der Waals surface area (Å²) in [5, 5.41) is 10.7. The number of fused-ring (bicyclic) bond motifs is 1. The summed E-state index contributed by atoms with van der Waals surface area (Å²) in [6.45, 7) is 3.64. The summed E-state index contributed by atoms with van der Waals surface area (Å²) >= 11 is 0. The van der Waals surface area contributed by atoms with Gasteiger partial charge in [-0.25, -0.2) is 4.98 Å². The topological polar surface area (TPSA) is 59.9 Å². The Morgan fingerprint density at radius 1 is 1.07 bits per heavy atom. The SMILES string of the molecule is CN(C)Cc1ccc(N2CCN(C(=O)c3ccc4c(c3O)CCCC4)CC2)nc1. The summed E-state index contributed by atoms with van der Waals surface area (Å²) in [4.78, 5) is 23.8. The van der Waals surface area contributed by atoms with E-state index in [1.165, 1.54) is 11.1 Å². The Balaban J connectivity index is 1.40. The first-order valence-electron chi connectivity index (χ1n) is 10.5. The van der Waals surface area contributed by atoms with Crippen LogP contribution in [0.4, 0.5) is 5.82 Å². The van der Waals surface area contributed by atoms with E-state index in [0.717, 1.165) is 56.7 Å². The molecule has 0 bridgehead atoms. The second-order valence-corrected chi connectivity index (χ2v) is 8.35. The number of carbonyl (C=O) groups excluding carboxylic acids is 1. The highest BCUT2D eigenvalue weighted by Gasteiger charge is 2.26. The number of hydrogen-bond acceptors (Lipinski definition) is 5. The van der Waals surface area contributed by atoms with Crippen molar-refractivity contribution < 1.29 is 9.90 Å². The fourth-order valence-corrected chi connectivity index (χ4v) is 4.35. The van der Waals surface area contributed by atoms with E-state index in [4.69, 9.17) is 0 Å². The van der Waals surface area contributed by atoms with E-state index in [1.54, 1.807) is 6.07 Å². The molecule has 1 saturated heterocycles. The highest BCUT2D eigenvalue weighted by Crippen LogP contribution is 2.32. The van der Waals surface area contributed by atoms with Crippen molar-refractivity contribution in [1.82, 2.24) is 14.8 Å². The number of pyridine rings is 1. The van der Waals surface area contributed by atoms with Gasteiger partial charge in [0.1, 0.15) is 11.6 Å². The Kier molecular flexibility index (Phi) is 5.72. The average molecular weight is 395 g/mol. The zero-order valence-electron chi connectivity index (χ0n) is 17.4. The normalized spacial score (nSPS) is 16.8. The second kappa shape index (κ2) is 8.41. The molecule has 1 aromatic heterocycles. The number of anilines is 1. The molecule has 29 heavy (non-hydrogen) atoms. The number of phenolic OH excluding ortho intramolecular Hbond substituents is 1. The van der Waals surface area contributed by atoms with Crippen molar-refractivity contribution in [2.45, 2.75) is 32.2 Å². The summed E-state index contributed by atoms with van der Waals surface area (Å²) in [5.74, 6) is 1.09. The number of aromatic nitrogens is 1. The van der Waals surface area contributed by atoms with Crippen LogP contribution in [0.3, 0.4) is 0 Å². The van der Waals surface area contributed by atoms with Crippen LogP contribution in [-0.2, 0) is 19.4 Å². The molecule has 1 aliphatic heterocycles. The summed E-state index contributed by atoms with van der Waals surface area (Å²) in [7, 11) is 4.09. The summed E-state index contributed by atoms with van der Waals surface area (Å²) in [6.07, 6.45) is 6.03. The zero-order valence-corrected chi connectivity index (χ0v) is 17.4. The summed E-state index contributed by atoms with van der Waals surface area (Å²) in [6, 6.07) is 8.01. The minimum atomic E-state index is -0.0650. The number of carbonyl (C=O) groups is 1. The summed E-state index contributed by atoms with van der Waals surface area (Å²) < 4.78 is 0. The molecule has 6 heteroatoms. The number of nitrogens with zero attached hydrogens (tertiary/aromatic N) is 4. The summed E-state index contributed by atoms with van der Waals surface area (Å²) in [5.41, 5.74) is 3.81. The molecule has 1 amide bonds. The predicted octanol–water partition coefficient (Wildman–Crippen LogP) is 2.69. The fourth-order valence-electron chi connectivity index (χ4n) is 4.35. The van der Waals surface area contributed by atoms with Crippen LogP contribution in [0.2, 0.25) is 0 Å². The van der Waals surface area contributed by atoms with Crippen LogP contribution in [0.1, 0.15) is 39.9 Å². The monoisotopic (exact) mass is 394 g/mol. The Bertz CT molecular complexity index is 871. The molecule has 6 nitrogen and oxygen atoms in total. The molecule has 154 valence electrons. The number of aromatic hydroxyl groups is 1. The molecule has 1 aromatic carbocycles. The fraction of sp³-hybridized carbons (Fsp3) is 0.478. The highest BCUT2D eigenvalue weighted by molar-refractivity contribution is 5.97. The number of rotatable bonds is 4. The quantitative estimate of drug-likeness (QED) is 0.864. The standard InChI is InChI=1S/C23H30N4O2/c1-25(2)16-17-7-10-21(24-15-17)26-11-13-27(14-12-26)23(29)20-9-8-18-5-3-4-6-19(18)22(20)28/h7-10,15,28H,3-6,11-14,16H2,1-2H3. The van der Waals surface area contributed by atoms with E-state index in [1.807, 2.05) is 31.3 Å². The number of benzene rings is 1. The van der Waals surface area contributed by atoms with Crippen LogP contribution < -0.4 is 4.90 Å². The molecule has 1 N–H and O–H groups in total. The third kappa shape index (κ3) is 4.22. The van der Waals surface area contributed by atoms with Crippen molar-refractivity contribution >= 4 is 11.7 Å². The molecule has 4 rings (SSSR count). The molecule has 2 heterocycles. The average Bonchev–Trinajstić information content (AvgIpc) is 2.74. The number of hydrogen-bond donors (Lipinski definition) is 1. The van der Waals surface area contributed by atoms with E-state index in [-0.39, 0.29) is 11.7 Å². The third-order valence-corrected chi connectivity index (χ3v) is 5.93. The van der Waals surface area contributed by atoms with Gasteiger partial charge in [0.05, 0.1) is 5.56 Å². The lowest BCUT2D eigenvalue weighted by Gasteiger charge is -2.35. The maximum Gasteiger partial charge on any atom is 0.257 e. The van der Waals surface area contributed by atoms with Crippen LogP contribution in [-0.4, -0.2) is 66.1 Å². The third-order valence-electron chi connectivity index (χ3n) is 5.93. The Morgan fingerprint density at radius 2 is 1.83 bits per heavy atom. The van der Waals surface area contributed by atoms with Gasteiger partial charge in [-0.15, -0.1) is 0 Å². The highest BCUT2D eigenvalue weighted by atomic mass is 16.3. The molecule has 0 atom stereocenters. The van der Waals surface area contributed by atoms with Gasteiger partial charge >= 0.3 is 0 Å². The van der Waals surface area contributed by atoms with Gasteiger partial charge in [-0.3, -0.25) is 4.79 Å². The molecule has 1 fully saturated rings. The largest absolute Gasteiger partial charge is 0.507 e. The molecule has 2 aromatic rings. The zero-order chi connectivity index (χ0) is 20.4. The minimum absolute atomic E-state index is 0.0650. The first-order valence-corrected chi connectivity index (χ1v) is 10.5. The number of piperazine rings is 1. The first-order chi connectivity index (χ1) is 14.0. The lowest BCUT2D eigenvalue weighted by molar-refractivity contribution is 0.0743. The maximum absolute atomic E-state index is 13.0. The molecule has 1 aliphatic carbocycles. The van der Waals surface area contributed by atoms with E-state index in [0.29, 0.717) is 18.7 Å². The lowest BCUT2D eigenvalue weighted by atomic mass is 9.89. The molecule has 2 aliphatic rings. The van der Waals surface area contributed by atoms with Gasteiger partial charge in [-0.1, -0.05) is 12.1 Å². The minimum Gasteiger partial charge on any atom is -0.507 e. The molecular formula is C23H30N4O2. The van der Waals surface area contributed by atoms with Gasteiger partial charge in [-0.05, 0) is 68.6 Å². The van der Waals surface area contributed by atoms with Crippen LogP contribution >= 0.6 is 0 Å². The smallest absolute Gasteiger partial charge is 0.257 e. The van der Waals surface area contributed by atoms with E-state index in [9.17, 15) is 9.90 Å². The van der Waals surface area contributed by atoms with Crippen molar-refractivity contribution in [2.75, 3.05) is 45.2 Å². The second-order valence-electron chi connectivity index (χ2n) is 8.35. The van der Waals surface area contributed by atoms with Crippen LogP contribution in [0, 0.1) is 0 Å². The molecular weight excluding hydrogens is 364 g/mol. The van der Waals surface area contributed by atoms with Gasteiger partial charge in [0.2, 0.25) is 0 Å². The molecule has 0 spiro atoms. The van der Waals surface area contributed by atoms with Crippen LogP contribution in [0.25, 0.3) is 0 Å². The Hall–Kier alpha value is -2.60. The van der Waals surface area contributed by atoms with E-state index >= 15 is 0 Å². The molecule has 0 saturated carbocycles. The van der Waals surface area contributed by atoms with Crippen molar-refractivity contribution in [2.24, 2.45) is 0 Å². The number of amides is 1. The van der Waals surface area contributed by atoms with E-state index < -0.39 is 0 Å². The number of phenols is 1. The van der Waals surface area contributed by atoms with Crippen LogP contribution in [0.15, 0.2) is 30.5 Å². The van der Waals surface area contributed by atoms with Gasteiger partial charge in [0, 0.05) is 38.9 Å². The molecule has 0 radical (unpaired) electrons. The van der Waals surface area contributed by atoms with Crippen molar-refractivity contribution in [3.63, 3.8) is 0 Å². The number of aryl methyl sites for hydroxylation is 1. The predicted molar refractivity (Wildman–Crippen MR) is 114 cm³/mol. The molecule has 0 unspecified atom stereocenters. The Labute approximate surface area is 172 Å². The van der Waals surface area contributed by atoms with Gasteiger partial charge in [0.15, 0.2) is 0 Å².